The third-order valence-electron chi connectivity index (χ3n) is 16.0. The predicted molar refractivity (Wildman–Crippen MR) is 373 cm³/mol. The zero-order valence-corrected chi connectivity index (χ0v) is 56.6. The Hall–Kier alpha value is -4.85. The first-order valence-electron chi connectivity index (χ1n) is 34.9. The van der Waals surface area contributed by atoms with E-state index in [-0.39, 0.29) is 12.3 Å². The molecule has 0 aromatic carbocycles. The van der Waals surface area contributed by atoms with Crippen molar-refractivity contribution in [2.45, 2.75) is 272 Å². The number of aliphatic hydroxyl groups is 11. The molecule has 0 spiro atoms. The Morgan fingerprint density at radius 2 is 0.737 bits per heavy atom. The molecule has 0 bridgehead atoms. The number of hydrogen-bond donors (Lipinski definition) is 12. The topological polar surface area (TPSA) is 307 Å². The second-order valence-electron chi connectivity index (χ2n) is 23.9. The minimum Gasteiger partial charge on any atom is -0.394 e. The van der Waals surface area contributed by atoms with Gasteiger partial charge in [0, 0.05) is 6.42 Å². The maximum atomic E-state index is 13.4. The maximum absolute atomic E-state index is 13.4. The molecule has 0 aliphatic carbocycles. The van der Waals surface area contributed by atoms with E-state index in [0.29, 0.717) is 12.8 Å². The minimum atomic E-state index is -1.99. The number of carbonyl (C=O) groups excluding carboxylic acids is 1. The Kier molecular flexibility index (Phi) is 48.9. The molecule has 0 aromatic rings. The average Bonchev–Trinajstić information content (AvgIpc) is 0.791. The van der Waals surface area contributed by atoms with Gasteiger partial charge in [0.15, 0.2) is 18.9 Å². The van der Waals surface area contributed by atoms with Crippen LogP contribution >= 0.6 is 0 Å². The summed E-state index contributed by atoms with van der Waals surface area (Å²) in [5.74, 6) is -0.332. The summed E-state index contributed by atoms with van der Waals surface area (Å²) in [5.41, 5.74) is 0. The summed E-state index contributed by atoms with van der Waals surface area (Å²) in [6.45, 7) is 1.48. The molecule has 19 heteroatoms. The quantitative estimate of drug-likeness (QED) is 0.0199. The summed E-state index contributed by atoms with van der Waals surface area (Å²) in [4.78, 5) is 13.4. The lowest BCUT2D eigenvalue weighted by Crippen LogP contribution is -2.66. The second-order valence-corrected chi connectivity index (χ2v) is 23.9. The summed E-state index contributed by atoms with van der Waals surface area (Å²) < 4.78 is 34.2. The first kappa shape index (κ1) is 84.4. The number of aliphatic hydroxyl groups excluding tert-OH is 11. The van der Waals surface area contributed by atoms with E-state index >= 15 is 0 Å². The number of rotatable bonds is 50. The highest BCUT2D eigenvalue weighted by Gasteiger charge is 2.53. The molecular weight excluding hydrogens is 1210 g/mol. The van der Waals surface area contributed by atoms with Crippen LogP contribution in [0.2, 0.25) is 0 Å². The van der Waals surface area contributed by atoms with Crippen molar-refractivity contribution in [3.05, 3.63) is 170 Å². The normalized spacial score (nSPS) is 28.3. The zero-order valence-electron chi connectivity index (χ0n) is 56.6. The van der Waals surface area contributed by atoms with Crippen molar-refractivity contribution in [1.82, 2.24) is 5.32 Å². The summed E-state index contributed by atoms with van der Waals surface area (Å²) in [7, 11) is 0. The Morgan fingerprint density at radius 1 is 0.389 bits per heavy atom. The van der Waals surface area contributed by atoms with Crippen LogP contribution in [0.3, 0.4) is 0 Å². The van der Waals surface area contributed by atoms with E-state index in [9.17, 15) is 61.0 Å². The molecular formula is C76H119NO18. The molecule has 17 atom stereocenters. The fraction of sp³-hybridized carbons (Fsp3) is 0.618. The highest BCUT2D eigenvalue weighted by molar-refractivity contribution is 5.76. The van der Waals surface area contributed by atoms with Gasteiger partial charge in [-0.05, 0) is 128 Å². The number of ether oxygens (including phenoxy) is 6. The smallest absolute Gasteiger partial charge is 0.220 e. The van der Waals surface area contributed by atoms with Gasteiger partial charge in [0.05, 0.1) is 38.6 Å². The molecule has 536 valence electrons. The molecule has 3 aliphatic rings. The van der Waals surface area contributed by atoms with Crippen LogP contribution in [-0.4, -0.2) is 193 Å². The van der Waals surface area contributed by atoms with E-state index in [4.69, 9.17) is 28.4 Å². The van der Waals surface area contributed by atoms with E-state index in [1.54, 1.807) is 6.08 Å². The van der Waals surface area contributed by atoms with Gasteiger partial charge in [-0.2, -0.15) is 0 Å². The molecule has 12 N–H and O–H groups in total. The van der Waals surface area contributed by atoms with E-state index in [0.717, 1.165) is 116 Å². The summed E-state index contributed by atoms with van der Waals surface area (Å²) in [5, 5.41) is 120. The van der Waals surface area contributed by atoms with Crippen LogP contribution in [0.15, 0.2) is 170 Å². The van der Waals surface area contributed by atoms with Gasteiger partial charge >= 0.3 is 0 Å². The minimum absolute atomic E-state index is 0.179. The van der Waals surface area contributed by atoms with Crippen LogP contribution in [0.5, 0.6) is 0 Å². The Bertz CT molecular complexity index is 2390. The van der Waals surface area contributed by atoms with Gasteiger partial charge < -0.3 is 89.9 Å². The molecule has 0 aromatic heterocycles. The van der Waals surface area contributed by atoms with Gasteiger partial charge in [0.2, 0.25) is 5.91 Å². The lowest BCUT2D eigenvalue weighted by atomic mass is 9.96. The van der Waals surface area contributed by atoms with Gasteiger partial charge in [-0.15, -0.1) is 0 Å². The van der Waals surface area contributed by atoms with Crippen LogP contribution in [0.25, 0.3) is 0 Å². The monoisotopic (exact) mass is 1330 g/mol. The third-order valence-corrected chi connectivity index (χ3v) is 16.0. The van der Waals surface area contributed by atoms with Crippen molar-refractivity contribution in [2.24, 2.45) is 0 Å². The molecule has 3 fully saturated rings. The fourth-order valence-corrected chi connectivity index (χ4v) is 10.3. The molecule has 3 aliphatic heterocycles. The van der Waals surface area contributed by atoms with Crippen molar-refractivity contribution >= 4 is 5.91 Å². The maximum Gasteiger partial charge on any atom is 0.220 e. The second kappa shape index (κ2) is 55.1. The van der Waals surface area contributed by atoms with Gasteiger partial charge in [-0.3, -0.25) is 4.79 Å². The Morgan fingerprint density at radius 3 is 1.16 bits per heavy atom. The number of hydrogen-bond acceptors (Lipinski definition) is 18. The van der Waals surface area contributed by atoms with Crippen LogP contribution in [0.4, 0.5) is 0 Å². The number of nitrogens with one attached hydrogen (secondary N) is 1. The average molecular weight is 1330 g/mol. The number of unbranched alkanes of at least 4 members (excludes halogenated alkanes) is 8. The molecule has 3 rings (SSSR count). The van der Waals surface area contributed by atoms with Crippen molar-refractivity contribution in [2.75, 3.05) is 26.4 Å². The first-order valence-corrected chi connectivity index (χ1v) is 34.9. The van der Waals surface area contributed by atoms with Crippen molar-refractivity contribution in [3.8, 4) is 0 Å². The van der Waals surface area contributed by atoms with E-state index in [1.807, 2.05) is 6.08 Å². The number of carbonyl (C=O) groups is 1. The van der Waals surface area contributed by atoms with Gasteiger partial charge in [-0.25, -0.2) is 0 Å². The molecule has 0 saturated carbocycles. The van der Waals surface area contributed by atoms with Crippen molar-refractivity contribution in [3.63, 3.8) is 0 Å². The highest BCUT2D eigenvalue weighted by atomic mass is 16.8. The third kappa shape index (κ3) is 36.5. The largest absolute Gasteiger partial charge is 0.394 e. The number of amides is 1. The van der Waals surface area contributed by atoms with E-state index in [2.05, 4.69) is 177 Å². The van der Waals surface area contributed by atoms with Crippen LogP contribution in [0.1, 0.15) is 168 Å². The lowest BCUT2D eigenvalue weighted by molar-refractivity contribution is -0.379. The van der Waals surface area contributed by atoms with E-state index < -0.39 is 131 Å². The molecule has 95 heavy (non-hydrogen) atoms. The Labute approximate surface area is 567 Å². The van der Waals surface area contributed by atoms with Gasteiger partial charge in [0.25, 0.3) is 0 Å². The number of allylic oxidation sites excluding steroid dienone is 27. The van der Waals surface area contributed by atoms with Crippen molar-refractivity contribution in [1.29, 1.82) is 0 Å². The van der Waals surface area contributed by atoms with Gasteiger partial charge in [0.1, 0.15) is 73.2 Å². The van der Waals surface area contributed by atoms with E-state index in [1.165, 1.54) is 19.3 Å². The molecule has 17 unspecified atom stereocenters. The van der Waals surface area contributed by atoms with Crippen LogP contribution < -0.4 is 5.32 Å². The molecule has 3 saturated heterocycles. The van der Waals surface area contributed by atoms with Crippen molar-refractivity contribution < 1.29 is 89.4 Å². The summed E-state index contributed by atoms with van der Waals surface area (Å²) >= 11 is 0. The Balaban J connectivity index is 1.40. The molecule has 19 nitrogen and oxygen atoms in total. The molecule has 3 heterocycles. The zero-order chi connectivity index (χ0) is 68.9. The predicted octanol–water partition coefficient (Wildman–Crippen LogP) is 9.49. The van der Waals surface area contributed by atoms with Gasteiger partial charge in [-0.1, -0.05) is 203 Å². The van der Waals surface area contributed by atoms with Crippen LogP contribution in [0, 0.1) is 0 Å². The first-order chi connectivity index (χ1) is 46.3. The molecule has 1 amide bonds. The summed E-state index contributed by atoms with van der Waals surface area (Å²) in [6.07, 6.45) is 54.9. The SMILES string of the molecule is CC/C=C\C/C=C\C/C=C\C/C=C\C/C=C\C/C=C\C/C=C\C/C=C\C/C=C\C/C=C\C/C=C\CCCCCC(=O)NC(COC1OC(CO)C(OC2OC(CO)C(OC3OC(CO)C(O)C(O)C3O)C(O)C2O)C(O)C1O)C(O)/C=C/CC/C=C/CC/C=C/CCCCC. The lowest BCUT2D eigenvalue weighted by Gasteiger charge is -2.48. The standard InChI is InChI=1S/C76H119NO18/c1-3-5-7-9-11-13-15-17-18-19-20-21-22-23-24-25-26-27-28-29-30-31-32-33-34-35-36-37-38-39-40-42-44-46-48-50-52-54-64(82)77-59(60(81)53-51-49-47-45-43-41-16-14-12-10-8-6-4-2)58-90-74-70(88)67(85)72(62(56-79)92-74)95-76-71(89)68(86)73(63(57-80)93-76)94-75-69(87)66(84)65(83)61(55-78)91-75/h5,7,11-14,17-18,20-21,23-24,26-27,29-30,32-33,35-36,38-39,42-45,51,53,59-63,65-76,78-81,83-89H,3-4,6,8-10,15-16,19,22,25,28,31,34,37,40-41,46-50,52,54-58H2,1-2H3,(H,77,82)/b7-5-,13-11-,14-12+,18-17-,21-20-,24-23-,27-26-,30-29-,33-32-,36-35-,39-38-,44-42-,45-43+,53-51+. The fourth-order valence-electron chi connectivity index (χ4n) is 10.3. The van der Waals surface area contributed by atoms with Crippen LogP contribution in [-0.2, 0) is 33.2 Å². The molecule has 0 radical (unpaired) electrons. The summed E-state index contributed by atoms with van der Waals surface area (Å²) in [6, 6.07) is -1.03. The highest BCUT2D eigenvalue weighted by Crippen LogP contribution is 2.33.